The standard InChI is InChI=1S/C17H20ClN3O3/c1-12(22)17(23)21-8-6-20(7-9-21)11-16-19-10-15(24-16)13-2-4-14(18)5-3-13/h2-5,10,12,22H,6-9,11H2,1H3. The number of aliphatic hydroxyl groups excluding tert-OH is 1. The third-order valence-corrected chi connectivity index (χ3v) is 4.33. The molecule has 7 heteroatoms. The molecule has 1 aliphatic rings. The molecule has 1 aliphatic heterocycles. The van der Waals surface area contributed by atoms with Gasteiger partial charge in [-0.1, -0.05) is 11.6 Å². The van der Waals surface area contributed by atoms with Gasteiger partial charge < -0.3 is 14.4 Å². The first kappa shape index (κ1) is 17.0. The van der Waals surface area contributed by atoms with E-state index in [4.69, 9.17) is 16.0 Å². The van der Waals surface area contributed by atoms with Crippen molar-refractivity contribution < 1.29 is 14.3 Å². The van der Waals surface area contributed by atoms with Gasteiger partial charge in [0.1, 0.15) is 6.10 Å². The molecule has 0 radical (unpaired) electrons. The molecule has 128 valence electrons. The normalized spacial score (nSPS) is 17.0. The van der Waals surface area contributed by atoms with E-state index in [1.54, 1.807) is 11.1 Å². The van der Waals surface area contributed by atoms with Crippen LogP contribution in [0.25, 0.3) is 11.3 Å². The maximum atomic E-state index is 11.8. The predicted octanol–water partition coefficient (Wildman–Crippen LogP) is 2.02. The van der Waals surface area contributed by atoms with E-state index >= 15 is 0 Å². The summed E-state index contributed by atoms with van der Waals surface area (Å²) in [6.45, 7) is 4.78. The van der Waals surface area contributed by atoms with Crippen molar-refractivity contribution in [1.82, 2.24) is 14.8 Å². The van der Waals surface area contributed by atoms with E-state index in [0.717, 1.165) is 18.7 Å². The smallest absolute Gasteiger partial charge is 0.251 e. The zero-order valence-electron chi connectivity index (χ0n) is 13.5. The number of oxazole rings is 1. The molecule has 1 fully saturated rings. The van der Waals surface area contributed by atoms with Crippen molar-refractivity contribution in [3.63, 3.8) is 0 Å². The number of benzene rings is 1. The van der Waals surface area contributed by atoms with Crippen molar-refractivity contribution >= 4 is 17.5 Å². The molecule has 3 rings (SSSR count). The van der Waals surface area contributed by atoms with Crippen LogP contribution in [0.3, 0.4) is 0 Å². The molecule has 1 aromatic heterocycles. The topological polar surface area (TPSA) is 69.8 Å². The van der Waals surface area contributed by atoms with Crippen LogP contribution in [0.2, 0.25) is 5.02 Å². The van der Waals surface area contributed by atoms with Gasteiger partial charge in [-0.25, -0.2) is 4.98 Å². The van der Waals surface area contributed by atoms with Crippen LogP contribution in [0.4, 0.5) is 0 Å². The van der Waals surface area contributed by atoms with E-state index in [-0.39, 0.29) is 5.91 Å². The van der Waals surface area contributed by atoms with Crippen molar-refractivity contribution in [3.05, 3.63) is 41.4 Å². The summed E-state index contributed by atoms with van der Waals surface area (Å²) < 4.78 is 5.81. The Hall–Kier alpha value is -1.89. The molecule has 2 aromatic rings. The van der Waals surface area contributed by atoms with Gasteiger partial charge in [-0.05, 0) is 31.2 Å². The Balaban J connectivity index is 1.56. The van der Waals surface area contributed by atoms with E-state index in [1.807, 2.05) is 24.3 Å². The Kier molecular flexibility index (Phi) is 5.18. The van der Waals surface area contributed by atoms with Crippen LogP contribution in [-0.4, -0.2) is 58.1 Å². The monoisotopic (exact) mass is 349 g/mol. The third kappa shape index (κ3) is 3.95. The lowest BCUT2D eigenvalue weighted by molar-refractivity contribution is -0.141. The highest BCUT2D eigenvalue weighted by atomic mass is 35.5. The average Bonchev–Trinajstić information content (AvgIpc) is 3.04. The fourth-order valence-corrected chi connectivity index (χ4v) is 2.84. The van der Waals surface area contributed by atoms with Crippen molar-refractivity contribution in [2.45, 2.75) is 19.6 Å². The van der Waals surface area contributed by atoms with Gasteiger partial charge in [0.25, 0.3) is 5.91 Å². The molecule has 1 aromatic carbocycles. The van der Waals surface area contributed by atoms with Gasteiger partial charge in [-0.3, -0.25) is 9.69 Å². The number of aromatic nitrogens is 1. The van der Waals surface area contributed by atoms with Crippen molar-refractivity contribution in [1.29, 1.82) is 0 Å². The molecule has 2 heterocycles. The van der Waals surface area contributed by atoms with E-state index in [1.165, 1.54) is 6.92 Å². The predicted molar refractivity (Wildman–Crippen MR) is 90.5 cm³/mol. The lowest BCUT2D eigenvalue weighted by Crippen LogP contribution is -2.50. The Morgan fingerprint density at radius 2 is 1.96 bits per heavy atom. The average molecular weight is 350 g/mol. The molecule has 0 aliphatic carbocycles. The molecule has 24 heavy (non-hydrogen) atoms. The van der Waals surface area contributed by atoms with Crippen molar-refractivity contribution in [2.75, 3.05) is 26.2 Å². The zero-order chi connectivity index (χ0) is 17.1. The largest absolute Gasteiger partial charge is 0.439 e. The Bertz CT molecular complexity index is 691. The Morgan fingerprint density at radius 3 is 2.58 bits per heavy atom. The maximum Gasteiger partial charge on any atom is 0.251 e. The van der Waals surface area contributed by atoms with E-state index < -0.39 is 6.10 Å². The SMILES string of the molecule is CC(O)C(=O)N1CCN(Cc2ncc(-c3ccc(Cl)cc3)o2)CC1. The fraction of sp³-hybridized carbons (Fsp3) is 0.412. The highest BCUT2D eigenvalue weighted by Crippen LogP contribution is 2.23. The first-order valence-electron chi connectivity index (χ1n) is 7.93. The molecule has 0 bridgehead atoms. The summed E-state index contributed by atoms with van der Waals surface area (Å²) in [6, 6.07) is 7.43. The number of carbonyl (C=O) groups is 1. The lowest BCUT2D eigenvalue weighted by Gasteiger charge is -2.34. The van der Waals surface area contributed by atoms with Crippen LogP contribution >= 0.6 is 11.6 Å². The second-order valence-electron chi connectivity index (χ2n) is 5.90. The van der Waals surface area contributed by atoms with E-state index in [0.29, 0.717) is 36.3 Å². The van der Waals surface area contributed by atoms with Crippen molar-refractivity contribution in [2.24, 2.45) is 0 Å². The fourth-order valence-electron chi connectivity index (χ4n) is 2.71. The second-order valence-corrected chi connectivity index (χ2v) is 6.34. The van der Waals surface area contributed by atoms with Crippen LogP contribution in [-0.2, 0) is 11.3 Å². The molecule has 1 N–H and O–H groups in total. The molecule has 1 atom stereocenters. The van der Waals surface area contributed by atoms with Gasteiger partial charge in [0, 0.05) is 36.8 Å². The third-order valence-electron chi connectivity index (χ3n) is 4.08. The minimum absolute atomic E-state index is 0.212. The van der Waals surface area contributed by atoms with Gasteiger partial charge in [-0.2, -0.15) is 0 Å². The number of halogens is 1. The summed E-state index contributed by atoms with van der Waals surface area (Å²) in [6.07, 6.45) is 0.774. The van der Waals surface area contributed by atoms with Crippen LogP contribution in [0, 0.1) is 0 Å². The summed E-state index contributed by atoms with van der Waals surface area (Å²) in [5, 5.41) is 10.0. The van der Waals surface area contributed by atoms with E-state index in [2.05, 4.69) is 9.88 Å². The molecule has 6 nitrogen and oxygen atoms in total. The maximum absolute atomic E-state index is 11.8. The van der Waals surface area contributed by atoms with Crippen LogP contribution in [0.5, 0.6) is 0 Å². The van der Waals surface area contributed by atoms with Gasteiger partial charge in [-0.15, -0.1) is 0 Å². The van der Waals surface area contributed by atoms with E-state index in [9.17, 15) is 9.90 Å². The van der Waals surface area contributed by atoms with Crippen LogP contribution < -0.4 is 0 Å². The first-order valence-corrected chi connectivity index (χ1v) is 8.30. The zero-order valence-corrected chi connectivity index (χ0v) is 14.2. The Labute approximate surface area is 145 Å². The molecule has 1 unspecified atom stereocenters. The number of carbonyl (C=O) groups excluding carboxylic acids is 1. The molecular formula is C17H20ClN3O3. The molecule has 1 saturated heterocycles. The number of hydrogen-bond acceptors (Lipinski definition) is 5. The number of amides is 1. The number of hydrogen-bond donors (Lipinski definition) is 1. The minimum Gasteiger partial charge on any atom is -0.439 e. The lowest BCUT2D eigenvalue weighted by atomic mass is 10.2. The van der Waals surface area contributed by atoms with Gasteiger partial charge in [0.2, 0.25) is 5.89 Å². The van der Waals surface area contributed by atoms with Gasteiger partial charge >= 0.3 is 0 Å². The second kappa shape index (κ2) is 7.34. The number of nitrogens with zero attached hydrogens (tertiary/aromatic N) is 3. The highest BCUT2D eigenvalue weighted by molar-refractivity contribution is 6.30. The van der Waals surface area contributed by atoms with Gasteiger partial charge in [0.15, 0.2) is 5.76 Å². The molecule has 0 spiro atoms. The van der Waals surface area contributed by atoms with Gasteiger partial charge in [0.05, 0.1) is 12.7 Å². The molecule has 1 amide bonds. The first-order chi connectivity index (χ1) is 11.5. The molecular weight excluding hydrogens is 330 g/mol. The summed E-state index contributed by atoms with van der Waals surface area (Å²) in [7, 11) is 0. The summed E-state index contributed by atoms with van der Waals surface area (Å²) in [4.78, 5) is 20.0. The summed E-state index contributed by atoms with van der Waals surface area (Å²) >= 11 is 5.89. The Morgan fingerprint density at radius 1 is 1.29 bits per heavy atom. The molecule has 0 saturated carbocycles. The minimum atomic E-state index is -0.940. The summed E-state index contributed by atoms with van der Waals surface area (Å²) in [5.74, 6) is 1.15. The number of rotatable bonds is 4. The summed E-state index contributed by atoms with van der Waals surface area (Å²) in [5.41, 5.74) is 0.936. The van der Waals surface area contributed by atoms with Crippen LogP contribution in [0.15, 0.2) is 34.9 Å². The number of piperazine rings is 1. The number of aliphatic hydroxyl groups is 1. The quantitative estimate of drug-likeness (QED) is 0.914. The van der Waals surface area contributed by atoms with Crippen molar-refractivity contribution in [3.8, 4) is 11.3 Å². The van der Waals surface area contributed by atoms with Crippen LogP contribution in [0.1, 0.15) is 12.8 Å². The highest BCUT2D eigenvalue weighted by Gasteiger charge is 2.24.